The molecule has 0 fully saturated rings. The first-order valence-electron chi connectivity index (χ1n) is 10.8. The van der Waals surface area contributed by atoms with Crippen LogP contribution in [0, 0.1) is 20.8 Å². The summed E-state index contributed by atoms with van der Waals surface area (Å²) in [6.07, 6.45) is 0. The normalized spacial score (nSPS) is 11.8. The quantitative estimate of drug-likeness (QED) is 0.0980. The van der Waals surface area contributed by atoms with Crippen molar-refractivity contribution < 1.29 is 5.11 Å². The van der Waals surface area contributed by atoms with E-state index in [1.165, 1.54) is 4.68 Å². The molecule has 35 heavy (non-hydrogen) atoms. The average Bonchev–Trinajstić information content (AvgIpc) is 3.14. The highest BCUT2D eigenvalue weighted by molar-refractivity contribution is 5.99. The van der Waals surface area contributed by atoms with Gasteiger partial charge in [0, 0.05) is 11.1 Å². The number of amidine groups is 1. The van der Waals surface area contributed by atoms with Crippen LogP contribution in [-0.2, 0) is 0 Å². The number of phenols is 1. The van der Waals surface area contributed by atoms with Crippen LogP contribution in [0.5, 0.6) is 5.75 Å². The SMILES string of the molecule is Cc1ccc(-n2[nH]c(C)c(N=Nc3cccc(-c4cccc(/C(=N/N)NN)c4)c3O)c2=O)cc1C. The van der Waals surface area contributed by atoms with E-state index in [0.29, 0.717) is 33.9 Å². The van der Waals surface area contributed by atoms with Crippen LogP contribution in [0.1, 0.15) is 22.4 Å². The summed E-state index contributed by atoms with van der Waals surface area (Å²) in [4.78, 5) is 13.0. The Morgan fingerprint density at radius 1 is 1.00 bits per heavy atom. The molecule has 0 aliphatic rings. The molecule has 1 aromatic heterocycles. The minimum absolute atomic E-state index is 0.0805. The molecule has 10 nitrogen and oxygen atoms in total. The molecule has 0 bridgehead atoms. The fourth-order valence-corrected chi connectivity index (χ4v) is 3.68. The number of hydrazine groups is 1. The third-order valence-electron chi connectivity index (χ3n) is 5.77. The zero-order chi connectivity index (χ0) is 25.1. The van der Waals surface area contributed by atoms with E-state index in [9.17, 15) is 9.90 Å². The van der Waals surface area contributed by atoms with Gasteiger partial charge in [0.1, 0.15) is 5.69 Å². The number of nitrogens with two attached hydrogens (primary N) is 2. The molecular weight excluding hydrogens is 444 g/mol. The van der Waals surface area contributed by atoms with Crippen molar-refractivity contribution in [3.63, 3.8) is 0 Å². The van der Waals surface area contributed by atoms with E-state index in [0.717, 1.165) is 11.1 Å². The van der Waals surface area contributed by atoms with Crippen LogP contribution in [0.3, 0.4) is 0 Å². The molecule has 0 saturated heterocycles. The number of H-pyrrole nitrogens is 1. The molecule has 0 atom stereocenters. The summed E-state index contributed by atoms with van der Waals surface area (Å²) in [6, 6.07) is 18.0. The van der Waals surface area contributed by atoms with E-state index in [4.69, 9.17) is 11.7 Å². The van der Waals surface area contributed by atoms with Gasteiger partial charge in [-0.05, 0) is 61.7 Å². The topological polar surface area (TPSA) is 159 Å². The van der Waals surface area contributed by atoms with E-state index in [2.05, 4.69) is 25.9 Å². The number of nitrogens with zero attached hydrogens (tertiary/aromatic N) is 4. The van der Waals surface area contributed by atoms with Gasteiger partial charge in [-0.2, -0.15) is 5.10 Å². The number of aromatic hydroxyl groups is 1. The van der Waals surface area contributed by atoms with Gasteiger partial charge in [-0.3, -0.25) is 9.89 Å². The van der Waals surface area contributed by atoms with Gasteiger partial charge >= 0.3 is 0 Å². The Bertz CT molecular complexity index is 1510. The third-order valence-corrected chi connectivity index (χ3v) is 5.77. The number of aromatic amines is 1. The summed E-state index contributed by atoms with van der Waals surface area (Å²) in [5.41, 5.74) is 7.82. The van der Waals surface area contributed by atoms with Gasteiger partial charge in [-0.1, -0.05) is 36.4 Å². The summed E-state index contributed by atoms with van der Waals surface area (Å²) in [5.74, 6) is 11.0. The lowest BCUT2D eigenvalue weighted by atomic mass is 10.0. The Kier molecular flexibility index (Phi) is 6.47. The molecule has 4 rings (SSSR count). The molecule has 0 saturated carbocycles. The van der Waals surface area contributed by atoms with Gasteiger partial charge in [-0.25, -0.2) is 10.5 Å². The Morgan fingerprint density at radius 3 is 2.49 bits per heavy atom. The van der Waals surface area contributed by atoms with Crippen molar-refractivity contribution >= 4 is 17.2 Å². The fourth-order valence-electron chi connectivity index (χ4n) is 3.68. The number of rotatable bonds is 5. The van der Waals surface area contributed by atoms with E-state index in [-0.39, 0.29) is 22.7 Å². The summed E-state index contributed by atoms with van der Waals surface area (Å²) < 4.78 is 1.43. The van der Waals surface area contributed by atoms with Crippen molar-refractivity contribution in [2.24, 2.45) is 27.0 Å². The lowest BCUT2D eigenvalue weighted by molar-refractivity contribution is 0.478. The molecule has 10 heteroatoms. The third kappa shape index (κ3) is 4.55. The number of nitrogens with one attached hydrogen (secondary N) is 2. The van der Waals surface area contributed by atoms with Gasteiger partial charge in [0.2, 0.25) is 0 Å². The predicted octanol–water partition coefficient (Wildman–Crippen LogP) is 3.96. The number of benzene rings is 3. The van der Waals surface area contributed by atoms with Crippen molar-refractivity contribution in [2.45, 2.75) is 20.8 Å². The molecule has 1 heterocycles. The molecule has 3 aromatic carbocycles. The molecule has 0 aliphatic heterocycles. The Labute approximate surface area is 201 Å². The number of hydrogen-bond donors (Lipinski definition) is 5. The number of aromatic nitrogens is 2. The predicted molar refractivity (Wildman–Crippen MR) is 136 cm³/mol. The van der Waals surface area contributed by atoms with Gasteiger partial charge in [0.15, 0.2) is 17.3 Å². The average molecular weight is 471 g/mol. The number of phenolic OH excluding ortho intramolecular Hbond substituents is 1. The number of hydrogen-bond acceptors (Lipinski definition) is 7. The smallest absolute Gasteiger partial charge is 0.299 e. The minimum Gasteiger partial charge on any atom is -0.505 e. The standard InChI is InChI=1S/C25H26N8O2/c1-14-10-11-19(12-15(14)2)33-25(35)22(16(3)32-33)31-30-21-9-5-8-20(23(21)34)17-6-4-7-18(13-17)24(28-26)29-27/h4-13,32,34H,26-27H2,1-3H3,(H,28,29). The minimum atomic E-state index is -0.333. The first kappa shape index (κ1) is 23.5. The summed E-state index contributed by atoms with van der Waals surface area (Å²) in [5, 5.41) is 25.9. The Hall–Kier alpha value is -4.70. The second kappa shape index (κ2) is 9.65. The van der Waals surface area contributed by atoms with Gasteiger partial charge in [0.25, 0.3) is 5.56 Å². The van der Waals surface area contributed by atoms with Gasteiger partial charge < -0.3 is 16.4 Å². The van der Waals surface area contributed by atoms with Crippen molar-refractivity contribution in [3.05, 3.63) is 93.4 Å². The van der Waals surface area contributed by atoms with Crippen LogP contribution in [0.15, 0.2) is 80.8 Å². The second-order valence-corrected chi connectivity index (χ2v) is 8.07. The number of aryl methyl sites for hydroxylation is 3. The highest BCUT2D eigenvalue weighted by Crippen LogP contribution is 2.38. The number of hydrazone groups is 1. The number of azo groups is 1. The number of para-hydroxylation sites is 1. The van der Waals surface area contributed by atoms with Crippen molar-refractivity contribution in [1.29, 1.82) is 0 Å². The van der Waals surface area contributed by atoms with E-state index in [1.54, 1.807) is 43.3 Å². The highest BCUT2D eigenvalue weighted by Gasteiger charge is 2.14. The van der Waals surface area contributed by atoms with E-state index in [1.807, 2.05) is 38.1 Å². The lowest BCUT2D eigenvalue weighted by Crippen LogP contribution is -2.32. The van der Waals surface area contributed by atoms with Crippen molar-refractivity contribution in [3.8, 4) is 22.6 Å². The molecule has 0 amide bonds. The van der Waals surface area contributed by atoms with Crippen LogP contribution in [0.4, 0.5) is 11.4 Å². The highest BCUT2D eigenvalue weighted by atomic mass is 16.3. The van der Waals surface area contributed by atoms with Crippen LogP contribution in [0.2, 0.25) is 0 Å². The first-order chi connectivity index (χ1) is 16.8. The summed E-state index contributed by atoms with van der Waals surface area (Å²) >= 11 is 0. The van der Waals surface area contributed by atoms with Crippen molar-refractivity contribution in [1.82, 2.24) is 15.2 Å². The van der Waals surface area contributed by atoms with Crippen LogP contribution >= 0.6 is 0 Å². The zero-order valence-corrected chi connectivity index (χ0v) is 19.6. The molecule has 178 valence electrons. The molecule has 0 unspecified atom stereocenters. The maximum Gasteiger partial charge on any atom is 0.299 e. The van der Waals surface area contributed by atoms with Gasteiger partial charge in [0.05, 0.1) is 11.4 Å². The van der Waals surface area contributed by atoms with Crippen LogP contribution in [0.25, 0.3) is 16.8 Å². The van der Waals surface area contributed by atoms with Gasteiger partial charge in [-0.15, -0.1) is 10.2 Å². The van der Waals surface area contributed by atoms with Crippen LogP contribution < -0.4 is 22.7 Å². The first-order valence-corrected chi connectivity index (χ1v) is 10.8. The molecule has 7 N–H and O–H groups in total. The zero-order valence-electron chi connectivity index (χ0n) is 19.6. The Balaban J connectivity index is 1.70. The molecular formula is C25H26N8O2. The maximum atomic E-state index is 13.0. The molecule has 0 spiro atoms. The van der Waals surface area contributed by atoms with Crippen molar-refractivity contribution in [2.75, 3.05) is 0 Å². The Morgan fingerprint density at radius 2 is 1.77 bits per heavy atom. The monoisotopic (exact) mass is 470 g/mol. The molecule has 0 aliphatic carbocycles. The van der Waals surface area contributed by atoms with Crippen LogP contribution in [-0.4, -0.2) is 20.7 Å². The maximum absolute atomic E-state index is 13.0. The second-order valence-electron chi connectivity index (χ2n) is 8.07. The summed E-state index contributed by atoms with van der Waals surface area (Å²) in [7, 11) is 0. The molecule has 0 radical (unpaired) electrons. The fraction of sp³-hybridized carbons (Fsp3) is 0.120. The van der Waals surface area contributed by atoms with E-state index >= 15 is 0 Å². The van der Waals surface area contributed by atoms with E-state index < -0.39 is 0 Å². The largest absolute Gasteiger partial charge is 0.505 e. The summed E-state index contributed by atoms with van der Waals surface area (Å²) in [6.45, 7) is 5.75. The molecule has 4 aromatic rings. The lowest BCUT2D eigenvalue weighted by Gasteiger charge is -2.09.